The van der Waals surface area contributed by atoms with Crippen LogP contribution < -0.4 is 5.73 Å². The number of nitrogens with two attached hydrogens (primary N) is 1. The summed E-state index contributed by atoms with van der Waals surface area (Å²) in [5, 5.41) is 9.29. The van der Waals surface area contributed by atoms with Crippen molar-refractivity contribution in [3.8, 4) is 0 Å². The van der Waals surface area contributed by atoms with Gasteiger partial charge in [-0.15, -0.1) is 0 Å². The second kappa shape index (κ2) is 7.93. The number of hydrogen-bond acceptors (Lipinski definition) is 3. The van der Waals surface area contributed by atoms with Crippen LogP contribution in [-0.4, -0.2) is 23.2 Å². The minimum absolute atomic E-state index is 0.173. The highest BCUT2D eigenvalue weighted by Crippen LogP contribution is 2.15. The maximum atomic E-state index is 9.29. The fourth-order valence-electron chi connectivity index (χ4n) is 2.50. The van der Waals surface area contributed by atoms with E-state index in [1.54, 1.807) is 0 Å². The van der Waals surface area contributed by atoms with E-state index in [2.05, 4.69) is 42.2 Å². The van der Waals surface area contributed by atoms with Crippen molar-refractivity contribution in [3.63, 3.8) is 0 Å². The second-order valence-electron chi connectivity index (χ2n) is 5.38. The third-order valence-electron chi connectivity index (χ3n) is 3.70. The van der Waals surface area contributed by atoms with Gasteiger partial charge in [-0.05, 0) is 29.2 Å². The Balaban J connectivity index is 2.09. The fraction of sp³-hybridized carbons (Fsp3) is 0.333. The first-order valence-corrected chi connectivity index (χ1v) is 7.38. The first-order chi connectivity index (χ1) is 10.2. The molecular formula is C18H24N2O. The lowest BCUT2D eigenvalue weighted by atomic mass is 10.0. The molecule has 3 nitrogen and oxygen atoms in total. The molecule has 3 heteroatoms. The van der Waals surface area contributed by atoms with E-state index in [4.69, 9.17) is 5.73 Å². The average molecular weight is 284 g/mol. The van der Waals surface area contributed by atoms with Crippen molar-refractivity contribution in [1.82, 2.24) is 4.90 Å². The summed E-state index contributed by atoms with van der Waals surface area (Å²) in [5.41, 5.74) is 10.6. The van der Waals surface area contributed by atoms with Gasteiger partial charge in [-0.2, -0.15) is 0 Å². The highest BCUT2D eigenvalue weighted by atomic mass is 16.3. The molecule has 0 aromatic heterocycles. The molecular weight excluding hydrogens is 260 g/mol. The van der Waals surface area contributed by atoms with Crippen molar-refractivity contribution in [2.24, 2.45) is 5.73 Å². The molecule has 0 radical (unpaired) electrons. The standard InChI is InChI=1S/C18H24N2O/c1-15-11-17(12-19)7-8-18(15)14-20(9-10-21)13-16-5-3-2-4-6-16/h2-8,11,21H,9-10,12-14,19H2,1H3. The van der Waals surface area contributed by atoms with Crippen LogP contribution in [0.1, 0.15) is 22.3 Å². The summed E-state index contributed by atoms with van der Waals surface area (Å²) in [6, 6.07) is 16.7. The van der Waals surface area contributed by atoms with E-state index in [9.17, 15) is 5.11 Å². The second-order valence-corrected chi connectivity index (χ2v) is 5.38. The minimum atomic E-state index is 0.173. The SMILES string of the molecule is Cc1cc(CN)ccc1CN(CCO)Cc1ccccc1. The van der Waals surface area contributed by atoms with Crippen LogP contribution in [0.25, 0.3) is 0 Å². The largest absolute Gasteiger partial charge is 0.395 e. The van der Waals surface area contributed by atoms with Crippen LogP contribution in [0.5, 0.6) is 0 Å². The van der Waals surface area contributed by atoms with E-state index in [1.807, 2.05) is 18.2 Å². The number of benzene rings is 2. The number of hydrogen-bond donors (Lipinski definition) is 2. The fourth-order valence-corrected chi connectivity index (χ4v) is 2.50. The molecule has 0 saturated carbocycles. The van der Waals surface area contributed by atoms with Crippen molar-refractivity contribution >= 4 is 0 Å². The Morgan fingerprint density at radius 3 is 2.38 bits per heavy atom. The summed E-state index contributed by atoms with van der Waals surface area (Å²) in [6.07, 6.45) is 0. The van der Waals surface area contributed by atoms with Crippen molar-refractivity contribution in [3.05, 3.63) is 70.8 Å². The topological polar surface area (TPSA) is 49.5 Å². The number of rotatable bonds is 7. The highest BCUT2D eigenvalue weighted by molar-refractivity contribution is 5.31. The molecule has 0 amide bonds. The van der Waals surface area contributed by atoms with Gasteiger partial charge in [0.15, 0.2) is 0 Å². The molecule has 0 unspecified atom stereocenters. The predicted molar refractivity (Wildman–Crippen MR) is 86.7 cm³/mol. The summed E-state index contributed by atoms with van der Waals surface area (Å²) in [4.78, 5) is 2.26. The summed E-state index contributed by atoms with van der Waals surface area (Å²) >= 11 is 0. The van der Waals surface area contributed by atoms with E-state index in [-0.39, 0.29) is 6.61 Å². The zero-order chi connectivity index (χ0) is 15.1. The molecule has 0 spiro atoms. The van der Waals surface area contributed by atoms with Gasteiger partial charge in [0.2, 0.25) is 0 Å². The molecule has 0 aliphatic carbocycles. The maximum Gasteiger partial charge on any atom is 0.0558 e. The summed E-state index contributed by atoms with van der Waals surface area (Å²) in [6.45, 7) is 5.23. The Morgan fingerprint density at radius 2 is 1.76 bits per heavy atom. The lowest BCUT2D eigenvalue weighted by Gasteiger charge is -2.22. The van der Waals surface area contributed by atoms with Gasteiger partial charge in [-0.25, -0.2) is 0 Å². The molecule has 3 N–H and O–H groups in total. The van der Waals surface area contributed by atoms with Crippen LogP contribution in [0.15, 0.2) is 48.5 Å². The maximum absolute atomic E-state index is 9.29. The van der Waals surface area contributed by atoms with Crippen LogP contribution in [0.2, 0.25) is 0 Å². The third kappa shape index (κ3) is 4.67. The average Bonchev–Trinajstić information content (AvgIpc) is 2.50. The van der Waals surface area contributed by atoms with Gasteiger partial charge in [-0.1, -0.05) is 48.5 Å². The van der Waals surface area contributed by atoms with E-state index in [0.717, 1.165) is 18.7 Å². The zero-order valence-electron chi connectivity index (χ0n) is 12.6. The number of aryl methyl sites for hydroxylation is 1. The molecule has 0 atom stereocenters. The van der Waals surface area contributed by atoms with Crippen molar-refractivity contribution in [2.45, 2.75) is 26.6 Å². The molecule has 0 fully saturated rings. The van der Waals surface area contributed by atoms with E-state index in [0.29, 0.717) is 13.1 Å². The molecule has 0 saturated heterocycles. The van der Waals surface area contributed by atoms with Gasteiger partial charge in [0.05, 0.1) is 6.61 Å². The highest BCUT2D eigenvalue weighted by Gasteiger charge is 2.08. The van der Waals surface area contributed by atoms with Crippen molar-refractivity contribution < 1.29 is 5.11 Å². The molecule has 0 aliphatic heterocycles. The normalized spacial score (nSPS) is 11.0. The number of aliphatic hydroxyl groups is 1. The van der Waals surface area contributed by atoms with Gasteiger partial charge < -0.3 is 10.8 Å². The van der Waals surface area contributed by atoms with Crippen molar-refractivity contribution in [1.29, 1.82) is 0 Å². The predicted octanol–water partition coefficient (Wildman–Crippen LogP) is 2.45. The van der Waals surface area contributed by atoms with E-state index < -0.39 is 0 Å². The lowest BCUT2D eigenvalue weighted by Crippen LogP contribution is -2.26. The summed E-state index contributed by atoms with van der Waals surface area (Å²) < 4.78 is 0. The third-order valence-corrected chi connectivity index (χ3v) is 3.70. The number of nitrogens with zero attached hydrogens (tertiary/aromatic N) is 1. The number of aliphatic hydroxyl groups excluding tert-OH is 1. The van der Waals surface area contributed by atoms with Crippen LogP contribution in [0.4, 0.5) is 0 Å². The summed E-state index contributed by atoms with van der Waals surface area (Å²) in [5.74, 6) is 0. The monoisotopic (exact) mass is 284 g/mol. The Bertz CT molecular complexity index is 554. The minimum Gasteiger partial charge on any atom is -0.395 e. The Kier molecular flexibility index (Phi) is 5.93. The van der Waals surface area contributed by atoms with Gasteiger partial charge in [0.1, 0.15) is 0 Å². The van der Waals surface area contributed by atoms with Crippen LogP contribution in [-0.2, 0) is 19.6 Å². The lowest BCUT2D eigenvalue weighted by molar-refractivity contribution is 0.184. The van der Waals surface area contributed by atoms with Crippen LogP contribution in [0.3, 0.4) is 0 Å². The molecule has 112 valence electrons. The molecule has 2 rings (SSSR count). The van der Waals surface area contributed by atoms with Gasteiger partial charge in [0.25, 0.3) is 0 Å². The van der Waals surface area contributed by atoms with E-state index in [1.165, 1.54) is 16.7 Å². The first-order valence-electron chi connectivity index (χ1n) is 7.38. The van der Waals surface area contributed by atoms with Crippen LogP contribution in [0, 0.1) is 6.92 Å². The Morgan fingerprint density at radius 1 is 1.00 bits per heavy atom. The molecule has 0 aliphatic rings. The summed E-state index contributed by atoms with van der Waals surface area (Å²) in [7, 11) is 0. The molecule has 2 aromatic carbocycles. The van der Waals surface area contributed by atoms with Crippen LogP contribution >= 0.6 is 0 Å². The van der Waals surface area contributed by atoms with Gasteiger partial charge in [-0.3, -0.25) is 4.90 Å². The van der Waals surface area contributed by atoms with E-state index >= 15 is 0 Å². The smallest absolute Gasteiger partial charge is 0.0558 e. The van der Waals surface area contributed by atoms with Gasteiger partial charge in [0, 0.05) is 26.2 Å². The van der Waals surface area contributed by atoms with Gasteiger partial charge >= 0.3 is 0 Å². The molecule has 0 bridgehead atoms. The Labute approximate surface area is 127 Å². The molecule has 21 heavy (non-hydrogen) atoms. The quantitative estimate of drug-likeness (QED) is 0.821. The van der Waals surface area contributed by atoms with Crippen molar-refractivity contribution in [2.75, 3.05) is 13.2 Å². The molecule has 2 aromatic rings. The zero-order valence-corrected chi connectivity index (χ0v) is 12.6. The first kappa shape index (κ1) is 15.7. The Hall–Kier alpha value is -1.68. The molecule has 0 heterocycles.